The zero-order chi connectivity index (χ0) is 22.8. The van der Waals surface area contributed by atoms with Crippen LogP contribution in [0.15, 0.2) is 23.2 Å². The van der Waals surface area contributed by atoms with Gasteiger partial charge in [-0.3, -0.25) is 4.68 Å². The van der Waals surface area contributed by atoms with Crippen molar-refractivity contribution >= 4 is 5.96 Å². The average molecular weight is 430 g/mol. The van der Waals surface area contributed by atoms with Gasteiger partial charge < -0.3 is 20.1 Å². The molecule has 1 heterocycles. The summed E-state index contributed by atoms with van der Waals surface area (Å²) in [5, 5.41) is 11.3. The molecule has 1 atom stereocenters. The van der Waals surface area contributed by atoms with Crippen LogP contribution in [0.25, 0.3) is 0 Å². The van der Waals surface area contributed by atoms with Crippen LogP contribution >= 0.6 is 0 Å². The van der Waals surface area contributed by atoms with E-state index >= 15 is 0 Å². The summed E-state index contributed by atoms with van der Waals surface area (Å²) in [7, 11) is 1.97. The largest absolute Gasteiger partial charge is 0.490 e. The van der Waals surface area contributed by atoms with Crippen LogP contribution in [0.4, 0.5) is 0 Å². The summed E-state index contributed by atoms with van der Waals surface area (Å²) < 4.78 is 13.7. The van der Waals surface area contributed by atoms with Crippen LogP contribution in [0.3, 0.4) is 0 Å². The van der Waals surface area contributed by atoms with Crippen LogP contribution in [0.2, 0.25) is 0 Å². The van der Waals surface area contributed by atoms with Gasteiger partial charge in [-0.15, -0.1) is 0 Å². The van der Waals surface area contributed by atoms with Crippen molar-refractivity contribution < 1.29 is 9.47 Å². The monoisotopic (exact) mass is 429 g/mol. The Morgan fingerprint density at radius 2 is 1.77 bits per heavy atom. The van der Waals surface area contributed by atoms with E-state index in [-0.39, 0.29) is 6.04 Å². The normalized spacial score (nSPS) is 12.5. The van der Waals surface area contributed by atoms with Gasteiger partial charge in [-0.05, 0) is 58.2 Å². The molecule has 0 radical (unpaired) electrons. The number of aromatic nitrogens is 2. The van der Waals surface area contributed by atoms with Crippen molar-refractivity contribution in [2.75, 3.05) is 19.8 Å². The third kappa shape index (κ3) is 6.91. The first-order valence-corrected chi connectivity index (χ1v) is 11.3. The molecule has 0 aliphatic heterocycles. The molecule has 1 aromatic carbocycles. The molecule has 0 saturated carbocycles. The second-order valence-electron chi connectivity index (χ2n) is 7.74. The van der Waals surface area contributed by atoms with Crippen molar-refractivity contribution in [1.82, 2.24) is 20.4 Å². The summed E-state index contributed by atoms with van der Waals surface area (Å²) in [5.41, 5.74) is 4.45. The Balaban J connectivity index is 2.17. The maximum Gasteiger partial charge on any atom is 0.192 e. The first-order chi connectivity index (χ1) is 14.9. The fraction of sp³-hybridized carbons (Fsp3) is 0.583. The predicted octanol–water partition coefficient (Wildman–Crippen LogP) is 4.43. The lowest BCUT2D eigenvalue weighted by molar-refractivity contribution is 0.268. The molecule has 0 spiro atoms. The van der Waals surface area contributed by atoms with E-state index in [1.54, 1.807) is 0 Å². The minimum Gasteiger partial charge on any atom is -0.490 e. The first-order valence-electron chi connectivity index (χ1n) is 11.3. The topological polar surface area (TPSA) is 72.7 Å². The van der Waals surface area contributed by atoms with Gasteiger partial charge in [0.1, 0.15) is 0 Å². The molecule has 0 aliphatic carbocycles. The molecular weight excluding hydrogens is 390 g/mol. The highest BCUT2D eigenvalue weighted by atomic mass is 16.5. The Bertz CT molecular complexity index is 860. The summed E-state index contributed by atoms with van der Waals surface area (Å²) in [5.74, 6) is 2.37. The zero-order valence-corrected chi connectivity index (χ0v) is 20.2. The lowest BCUT2D eigenvalue weighted by Gasteiger charge is -2.20. The molecule has 1 aromatic heterocycles. The number of guanidine groups is 1. The van der Waals surface area contributed by atoms with E-state index in [4.69, 9.17) is 14.5 Å². The van der Waals surface area contributed by atoms with Gasteiger partial charge in [0.25, 0.3) is 0 Å². The fourth-order valence-corrected chi connectivity index (χ4v) is 3.26. The standard InChI is InChI=1S/C24H39N5O2/c1-8-13-30-22-12-11-20(15-23(22)31-14-9-2)17(4)27-24(25-10-3)26-16-21-18(5)28-29(7)19(21)6/h11-12,15,17H,8-10,13-14,16H2,1-7H3,(H2,25,26,27). The maximum absolute atomic E-state index is 5.95. The van der Waals surface area contributed by atoms with E-state index in [0.29, 0.717) is 19.8 Å². The van der Waals surface area contributed by atoms with Crippen LogP contribution in [-0.4, -0.2) is 35.5 Å². The van der Waals surface area contributed by atoms with Crippen LogP contribution in [0, 0.1) is 13.8 Å². The zero-order valence-electron chi connectivity index (χ0n) is 20.2. The number of hydrogen-bond acceptors (Lipinski definition) is 4. The van der Waals surface area contributed by atoms with Crippen LogP contribution < -0.4 is 20.1 Å². The van der Waals surface area contributed by atoms with Crippen molar-refractivity contribution in [3.63, 3.8) is 0 Å². The van der Waals surface area contributed by atoms with Gasteiger partial charge in [-0.2, -0.15) is 5.10 Å². The van der Waals surface area contributed by atoms with Gasteiger partial charge in [-0.1, -0.05) is 19.9 Å². The van der Waals surface area contributed by atoms with Crippen LogP contribution in [-0.2, 0) is 13.6 Å². The number of aryl methyl sites for hydroxylation is 2. The fourth-order valence-electron chi connectivity index (χ4n) is 3.26. The molecule has 31 heavy (non-hydrogen) atoms. The quantitative estimate of drug-likeness (QED) is 0.408. The molecule has 0 bridgehead atoms. The lowest BCUT2D eigenvalue weighted by atomic mass is 10.1. The van der Waals surface area contributed by atoms with Crippen LogP contribution in [0.1, 0.15) is 69.1 Å². The summed E-state index contributed by atoms with van der Waals surface area (Å²) in [6, 6.07) is 6.20. The van der Waals surface area contributed by atoms with Gasteiger partial charge in [0.15, 0.2) is 17.5 Å². The molecule has 0 fully saturated rings. The van der Waals surface area contributed by atoms with Gasteiger partial charge in [0.05, 0.1) is 31.5 Å². The van der Waals surface area contributed by atoms with Gasteiger partial charge >= 0.3 is 0 Å². The Kier molecular flexibility index (Phi) is 9.69. The van der Waals surface area contributed by atoms with Crippen molar-refractivity contribution in [2.24, 2.45) is 12.0 Å². The predicted molar refractivity (Wildman–Crippen MR) is 127 cm³/mol. The molecule has 0 saturated heterocycles. The van der Waals surface area contributed by atoms with Gasteiger partial charge in [0, 0.05) is 24.8 Å². The SMILES string of the molecule is CCCOc1ccc(C(C)NC(=NCc2c(C)nn(C)c2C)NCC)cc1OCCC. The van der Waals surface area contributed by atoms with E-state index < -0.39 is 0 Å². The molecule has 7 heteroatoms. The third-order valence-corrected chi connectivity index (χ3v) is 5.14. The second kappa shape index (κ2) is 12.2. The van der Waals surface area contributed by atoms with E-state index in [1.165, 1.54) is 5.56 Å². The molecule has 2 aromatic rings. The number of nitrogens with one attached hydrogen (secondary N) is 2. The van der Waals surface area contributed by atoms with Crippen molar-refractivity contribution in [3.8, 4) is 11.5 Å². The van der Waals surface area contributed by atoms with Crippen molar-refractivity contribution in [1.29, 1.82) is 0 Å². The number of hydrogen-bond donors (Lipinski definition) is 2. The third-order valence-electron chi connectivity index (χ3n) is 5.14. The first kappa shape index (κ1) is 24.6. The Labute approximate surface area is 187 Å². The summed E-state index contributed by atoms with van der Waals surface area (Å²) in [6.07, 6.45) is 1.92. The van der Waals surface area contributed by atoms with Gasteiger partial charge in [0.2, 0.25) is 0 Å². The molecule has 2 rings (SSSR count). The number of aliphatic imine (C=N–C) groups is 1. The summed E-state index contributed by atoms with van der Waals surface area (Å²) in [4.78, 5) is 4.80. The van der Waals surface area contributed by atoms with E-state index in [9.17, 15) is 0 Å². The molecule has 172 valence electrons. The number of nitrogens with zero attached hydrogens (tertiary/aromatic N) is 3. The van der Waals surface area contributed by atoms with E-state index in [1.807, 2.05) is 24.7 Å². The Morgan fingerprint density at radius 1 is 1.10 bits per heavy atom. The minimum absolute atomic E-state index is 0.0538. The highest BCUT2D eigenvalue weighted by molar-refractivity contribution is 5.80. The number of rotatable bonds is 11. The summed E-state index contributed by atoms with van der Waals surface area (Å²) >= 11 is 0. The van der Waals surface area contributed by atoms with Crippen molar-refractivity contribution in [3.05, 3.63) is 40.7 Å². The number of benzene rings is 1. The maximum atomic E-state index is 5.95. The average Bonchev–Trinajstić information content (AvgIpc) is 3.00. The molecule has 0 aliphatic rings. The highest BCUT2D eigenvalue weighted by Gasteiger charge is 2.14. The highest BCUT2D eigenvalue weighted by Crippen LogP contribution is 2.31. The lowest BCUT2D eigenvalue weighted by Crippen LogP contribution is -2.38. The number of ether oxygens (including phenoxy) is 2. The minimum atomic E-state index is 0.0538. The molecule has 1 unspecified atom stereocenters. The summed E-state index contributed by atoms with van der Waals surface area (Å²) in [6.45, 7) is 15.2. The van der Waals surface area contributed by atoms with Gasteiger partial charge in [-0.25, -0.2) is 4.99 Å². The molecular formula is C24H39N5O2. The van der Waals surface area contributed by atoms with Crippen LogP contribution in [0.5, 0.6) is 11.5 Å². The molecule has 2 N–H and O–H groups in total. The Morgan fingerprint density at radius 3 is 2.35 bits per heavy atom. The van der Waals surface area contributed by atoms with Crippen molar-refractivity contribution in [2.45, 2.75) is 67.0 Å². The van der Waals surface area contributed by atoms with E-state index in [2.05, 4.69) is 62.5 Å². The smallest absolute Gasteiger partial charge is 0.192 e. The molecule has 0 amide bonds. The Hall–Kier alpha value is -2.70. The van der Waals surface area contributed by atoms with E-state index in [0.717, 1.165) is 53.8 Å². The second-order valence-corrected chi connectivity index (χ2v) is 7.74. The molecule has 7 nitrogen and oxygen atoms in total.